The van der Waals surface area contributed by atoms with Crippen molar-refractivity contribution in [1.82, 2.24) is 4.90 Å². The number of benzene rings is 2. The monoisotopic (exact) mass is 390 g/mol. The molecule has 1 unspecified atom stereocenters. The van der Waals surface area contributed by atoms with E-state index in [1.54, 1.807) is 23.1 Å². The van der Waals surface area contributed by atoms with Crippen molar-refractivity contribution >= 4 is 29.1 Å². The van der Waals surface area contributed by atoms with E-state index in [9.17, 15) is 14.0 Å². The molecular formula is C20H20ClFN2O3. The highest BCUT2D eigenvalue weighted by Crippen LogP contribution is 2.29. The van der Waals surface area contributed by atoms with E-state index in [1.165, 1.54) is 31.4 Å². The number of carbonyl (C=O) groups is 2. The molecule has 0 radical (unpaired) electrons. The fourth-order valence-corrected chi connectivity index (χ4v) is 3.34. The summed E-state index contributed by atoms with van der Waals surface area (Å²) >= 11 is 6.00. The Hall–Kier alpha value is -2.60. The Kier molecular flexibility index (Phi) is 5.96. The van der Waals surface area contributed by atoms with Crippen LogP contribution in [0.5, 0.6) is 5.75 Å². The van der Waals surface area contributed by atoms with Crippen LogP contribution in [0, 0.1) is 11.7 Å². The molecule has 1 saturated heterocycles. The topological polar surface area (TPSA) is 58.6 Å². The van der Waals surface area contributed by atoms with Crippen LogP contribution in [-0.2, 0) is 4.79 Å². The average Bonchev–Trinajstić information content (AvgIpc) is 2.68. The first-order chi connectivity index (χ1) is 13.0. The molecule has 0 aliphatic carbocycles. The van der Waals surface area contributed by atoms with Gasteiger partial charge in [0.2, 0.25) is 5.91 Å². The van der Waals surface area contributed by atoms with Gasteiger partial charge < -0.3 is 15.0 Å². The minimum atomic E-state index is -0.391. The van der Waals surface area contributed by atoms with Gasteiger partial charge in [-0.1, -0.05) is 11.6 Å². The van der Waals surface area contributed by atoms with E-state index < -0.39 is 5.82 Å². The largest absolute Gasteiger partial charge is 0.495 e. The van der Waals surface area contributed by atoms with Gasteiger partial charge >= 0.3 is 0 Å². The van der Waals surface area contributed by atoms with E-state index in [0.29, 0.717) is 41.5 Å². The Labute approximate surface area is 162 Å². The maximum atomic E-state index is 13.1. The van der Waals surface area contributed by atoms with Gasteiger partial charge in [0.1, 0.15) is 11.6 Å². The van der Waals surface area contributed by atoms with Gasteiger partial charge in [-0.25, -0.2) is 4.39 Å². The Balaban J connectivity index is 1.68. The Bertz CT molecular complexity index is 842. The van der Waals surface area contributed by atoms with Crippen molar-refractivity contribution in [2.24, 2.45) is 5.92 Å². The second-order valence-corrected chi connectivity index (χ2v) is 6.87. The van der Waals surface area contributed by atoms with Crippen LogP contribution in [0.3, 0.4) is 0 Å². The third-order valence-electron chi connectivity index (χ3n) is 4.59. The van der Waals surface area contributed by atoms with E-state index in [4.69, 9.17) is 16.3 Å². The number of rotatable bonds is 4. The number of methoxy groups -OCH3 is 1. The molecule has 2 aromatic carbocycles. The molecule has 7 heteroatoms. The summed E-state index contributed by atoms with van der Waals surface area (Å²) in [5, 5.41) is 3.33. The van der Waals surface area contributed by atoms with E-state index in [2.05, 4.69) is 5.32 Å². The molecule has 3 rings (SSSR count). The highest BCUT2D eigenvalue weighted by Gasteiger charge is 2.29. The number of hydrogen-bond donors (Lipinski definition) is 1. The lowest BCUT2D eigenvalue weighted by molar-refractivity contribution is -0.121. The molecule has 1 fully saturated rings. The lowest BCUT2D eigenvalue weighted by Gasteiger charge is -2.32. The van der Waals surface area contributed by atoms with Crippen molar-refractivity contribution in [2.45, 2.75) is 12.8 Å². The first kappa shape index (κ1) is 19.2. The van der Waals surface area contributed by atoms with Crippen LogP contribution >= 0.6 is 11.6 Å². The third-order valence-corrected chi connectivity index (χ3v) is 4.83. The number of nitrogens with zero attached hydrogens (tertiary/aromatic N) is 1. The zero-order chi connectivity index (χ0) is 19.4. The van der Waals surface area contributed by atoms with Crippen LogP contribution in [0.25, 0.3) is 0 Å². The standard InChI is InChI=1S/C20H20ClFN2O3/c1-27-18-9-6-15(21)11-17(18)23-19(25)14-3-2-10-24(12-14)20(26)13-4-7-16(22)8-5-13/h4-9,11,14H,2-3,10,12H2,1H3,(H,23,25). The molecule has 2 amide bonds. The molecule has 0 aromatic heterocycles. The quantitative estimate of drug-likeness (QED) is 0.859. The van der Waals surface area contributed by atoms with Crippen molar-refractivity contribution < 1.29 is 18.7 Å². The van der Waals surface area contributed by atoms with Crippen LogP contribution in [-0.4, -0.2) is 36.9 Å². The number of anilines is 1. The Morgan fingerprint density at radius 2 is 1.96 bits per heavy atom. The molecule has 1 N–H and O–H groups in total. The Morgan fingerprint density at radius 1 is 1.22 bits per heavy atom. The van der Waals surface area contributed by atoms with E-state index >= 15 is 0 Å². The SMILES string of the molecule is COc1ccc(Cl)cc1NC(=O)C1CCCN(C(=O)c2ccc(F)cc2)C1. The van der Waals surface area contributed by atoms with Gasteiger partial charge in [0.25, 0.3) is 5.91 Å². The summed E-state index contributed by atoms with van der Waals surface area (Å²) in [6.07, 6.45) is 1.40. The number of halogens is 2. The van der Waals surface area contributed by atoms with Crippen LogP contribution in [0.1, 0.15) is 23.2 Å². The molecule has 1 aliphatic heterocycles. The van der Waals surface area contributed by atoms with Gasteiger partial charge in [0, 0.05) is 23.7 Å². The zero-order valence-corrected chi connectivity index (χ0v) is 15.6. The summed E-state index contributed by atoms with van der Waals surface area (Å²) in [6.45, 7) is 0.880. The van der Waals surface area contributed by atoms with Gasteiger partial charge in [-0.05, 0) is 55.3 Å². The minimum Gasteiger partial charge on any atom is -0.495 e. The number of carbonyl (C=O) groups excluding carboxylic acids is 2. The molecule has 1 aliphatic rings. The van der Waals surface area contributed by atoms with Crippen LogP contribution in [0.2, 0.25) is 5.02 Å². The van der Waals surface area contributed by atoms with Gasteiger partial charge in [-0.3, -0.25) is 9.59 Å². The number of ether oxygens (including phenoxy) is 1. The summed E-state index contributed by atoms with van der Waals surface area (Å²) in [7, 11) is 1.52. The van der Waals surface area contributed by atoms with E-state index in [1.807, 2.05) is 0 Å². The normalized spacial score (nSPS) is 16.7. The van der Waals surface area contributed by atoms with Gasteiger partial charge in [0.05, 0.1) is 18.7 Å². The molecule has 2 aromatic rings. The summed E-state index contributed by atoms with van der Waals surface area (Å²) in [5.41, 5.74) is 0.908. The lowest BCUT2D eigenvalue weighted by atomic mass is 9.96. The van der Waals surface area contributed by atoms with Crippen molar-refractivity contribution in [3.05, 3.63) is 58.9 Å². The first-order valence-corrected chi connectivity index (χ1v) is 9.05. The molecule has 5 nitrogen and oxygen atoms in total. The first-order valence-electron chi connectivity index (χ1n) is 8.67. The lowest BCUT2D eigenvalue weighted by Crippen LogP contribution is -2.43. The molecule has 27 heavy (non-hydrogen) atoms. The predicted octanol–water partition coefficient (Wildman–Crippen LogP) is 3.98. The minimum absolute atomic E-state index is 0.188. The summed E-state index contributed by atoms with van der Waals surface area (Å²) in [5.74, 6) is -0.604. The molecule has 0 bridgehead atoms. The van der Waals surface area contributed by atoms with Crippen molar-refractivity contribution in [1.29, 1.82) is 0 Å². The van der Waals surface area contributed by atoms with E-state index in [0.717, 1.165) is 6.42 Å². The highest BCUT2D eigenvalue weighted by molar-refractivity contribution is 6.31. The van der Waals surface area contributed by atoms with Crippen molar-refractivity contribution in [3.8, 4) is 5.75 Å². The molecule has 0 spiro atoms. The molecule has 1 heterocycles. The zero-order valence-electron chi connectivity index (χ0n) is 14.9. The fraction of sp³-hybridized carbons (Fsp3) is 0.300. The third kappa shape index (κ3) is 4.57. The van der Waals surface area contributed by atoms with Gasteiger partial charge in [-0.2, -0.15) is 0 Å². The maximum Gasteiger partial charge on any atom is 0.253 e. The fourth-order valence-electron chi connectivity index (χ4n) is 3.16. The van der Waals surface area contributed by atoms with Crippen LogP contribution in [0.15, 0.2) is 42.5 Å². The molecule has 142 valence electrons. The highest BCUT2D eigenvalue weighted by atomic mass is 35.5. The van der Waals surface area contributed by atoms with Crippen molar-refractivity contribution in [2.75, 3.05) is 25.5 Å². The van der Waals surface area contributed by atoms with Crippen LogP contribution in [0.4, 0.5) is 10.1 Å². The number of nitrogens with one attached hydrogen (secondary N) is 1. The summed E-state index contributed by atoms with van der Waals surface area (Å²) in [6, 6.07) is 10.4. The van der Waals surface area contributed by atoms with Crippen LogP contribution < -0.4 is 10.1 Å². The number of amides is 2. The number of likely N-dealkylation sites (tertiary alicyclic amines) is 1. The maximum absolute atomic E-state index is 13.1. The number of piperidine rings is 1. The second-order valence-electron chi connectivity index (χ2n) is 6.43. The summed E-state index contributed by atoms with van der Waals surface area (Å²) < 4.78 is 18.3. The van der Waals surface area contributed by atoms with Gasteiger partial charge in [0.15, 0.2) is 0 Å². The smallest absolute Gasteiger partial charge is 0.253 e. The van der Waals surface area contributed by atoms with Gasteiger partial charge in [-0.15, -0.1) is 0 Å². The molecule has 1 atom stereocenters. The predicted molar refractivity (Wildman–Crippen MR) is 102 cm³/mol. The Morgan fingerprint density at radius 3 is 2.67 bits per heavy atom. The van der Waals surface area contributed by atoms with Crippen molar-refractivity contribution in [3.63, 3.8) is 0 Å². The number of hydrogen-bond acceptors (Lipinski definition) is 3. The molecular weight excluding hydrogens is 371 g/mol. The average molecular weight is 391 g/mol. The van der Waals surface area contributed by atoms with E-state index in [-0.39, 0.29) is 17.7 Å². The second kappa shape index (κ2) is 8.39. The molecule has 0 saturated carbocycles. The summed E-state index contributed by atoms with van der Waals surface area (Å²) in [4.78, 5) is 27.0.